The lowest BCUT2D eigenvalue weighted by Gasteiger charge is -2.24. The third-order valence-corrected chi connectivity index (χ3v) is 7.14. The number of nitrogens with one attached hydrogen (secondary N) is 1. The Morgan fingerprint density at radius 2 is 2.18 bits per heavy atom. The number of carbonyl (C=O) groups excluding carboxylic acids is 1. The van der Waals surface area contributed by atoms with Gasteiger partial charge in [0.05, 0.1) is 18.0 Å². The van der Waals surface area contributed by atoms with E-state index in [-0.39, 0.29) is 13.2 Å². The van der Waals surface area contributed by atoms with Crippen LogP contribution in [0.3, 0.4) is 0 Å². The molecule has 3 heterocycles. The molecule has 0 spiro atoms. The molecule has 11 heteroatoms. The predicted octanol–water partition coefficient (Wildman–Crippen LogP) is 3.74. The van der Waals surface area contributed by atoms with E-state index in [1.807, 2.05) is 19.1 Å². The molecule has 1 fully saturated rings. The predicted molar refractivity (Wildman–Crippen MR) is 124 cm³/mol. The number of nitrogens with zero attached hydrogens (tertiary/aromatic N) is 4. The van der Waals surface area contributed by atoms with Crippen molar-refractivity contribution in [2.75, 3.05) is 26.9 Å². The van der Waals surface area contributed by atoms with E-state index in [1.165, 1.54) is 4.90 Å². The molecule has 1 aliphatic heterocycles. The van der Waals surface area contributed by atoms with Crippen molar-refractivity contribution in [2.45, 2.75) is 57.8 Å². The molecule has 1 N–H and O–H groups in total. The molecule has 0 bridgehead atoms. The van der Waals surface area contributed by atoms with E-state index in [1.54, 1.807) is 24.1 Å². The minimum Gasteiger partial charge on any atom is -0.373 e. The second kappa shape index (κ2) is 10.3. The summed E-state index contributed by atoms with van der Waals surface area (Å²) in [5.74, 6) is -3.07. The van der Waals surface area contributed by atoms with Crippen molar-refractivity contribution in [1.29, 1.82) is 0 Å². The van der Waals surface area contributed by atoms with E-state index in [0.29, 0.717) is 13.3 Å². The van der Waals surface area contributed by atoms with Crippen molar-refractivity contribution < 1.29 is 23.0 Å². The van der Waals surface area contributed by atoms with E-state index >= 15 is 0 Å². The smallest absolute Gasteiger partial charge is 0.317 e. The van der Waals surface area contributed by atoms with Crippen LogP contribution in [-0.4, -0.2) is 72.6 Å². The van der Waals surface area contributed by atoms with E-state index in [9.17, 15) is 13.6 Å². The Labute approximate surface area is 194 Å². The van der Waals surface area contributed by atoms with E-state index in [0.717, 1.165) is 28.6 Å². The Hall–Kier alpha value is -2.37. The SMILES string of the molecule is Cc1cc(-c2cnccc2CN(C)C(=O)NC2COCC2(F)F)n(COCC[Si](C)(C)C)n1. The van der Waals surface area contributed by atoms with Crippen LogP contribution in [-0.2, 0) is 22.7 Å². The van der Waals surface area contributed by atoms with Gasteiger partial charge in [-0.05, 0) is 30.7 Å². The highest BCUT2D eigenvalue weighted by Gasteiger charge is 2.46. The first kappa shape index (κ1) is 25.3. The van der Waals surface area contributed by atoms with Gasteiger partial charge in [0, 0.05) is 46.2 Å². The van der Waals surface area contributed by atoms with E-state index in [4.69, 9.17) is 9.47 Å². The normalized spacial score (nSPS) is 17.8. The summed E-state index contributed by atoms with van der Waals surface area (Å²) >= 11 is 0. The number of urea groups is 1. The summed E-state index contributed by atoms with van der Waals surface area (Å²) in [4.78, 5) is 18.2. The zero-order chi connectivity index (χ0) is 24.2. The number of rotatable bonds is 9. The fraction of sp³-hybridized carbons (Fsp3) is 0.591. The molecule has 2 aromatic rings. The number of amides is 2. The summed E-state index contributed by atoms with van der Waals surface area (Å²) in [6.45, 7) is 9.12. The maximum Gasteiger partial charge on any atom is 0.317 e. The minimum absolute atomic E-state index is 0.205. The Balaban J connectivity index is 1.71. The van der Waals surface area contributed by atoms with Gasteiger partial charge in [-0.2, -0.15) is 5.10 Å². The second-order valence-electron chi connectivity index (χ2n) is 9.69. The highest BCUT2D eigenvalue weighted by Crippen LogP contribution is 2.27. The Morgan fingerprint density at radius 3 is 2.85 bits per heavy atom. The van der Waals surface area contributed by atoms with Crippen molar-refractivity contribution in [3.05, 3.63) is 35.8 Å². The van der Waals surface area contributed by atoms with Crippen molar-refractivity contribution >= 4 is 14.1 Å². The Bertz CT molecular complexity index is 964. The highest BCUT2D eigenvalue weighted by molar-refractivity contribution is 6.76. The molecule has 182 valence electrons. The van der Waals surface area contributed by atoms with Crippen LogP contribution < -0.4 is 5.32 Å². The Kier molecular flexibility index (Phi) is 7.86. The number of hydrogen-bond acceptors (Lipinski definition) is 5. The number of ether oxygens (including phenoxy) is 2. The lowest BCUT2D eigenvalue weighted by molar-refractivity contribution is -0.0222. The minimum atomic E-state index is -3.07. The van der Waals surface area contributed by atoms with Crippen LogP contribution in [0.25, 0.3) is 11.3 Å². The standard InChI is InChI=1S/C22H33F2N5O3Si/c1-16-10-19(29(27-16)15-31-8-9-33(3,4)5)18-11-25-7-6-17(18)12-28(2)21(30)26-20-13-32-14-22(20,23)24/h6-7,10-11,20H,8-9,12-15H2,1-5H3,(H,26,30). The summed E-state index contributed by atoms with van der Waals surface area (Å²) < 4.78 is 40.1. The number of alkyl halides is 2. The molecule has 0 saturated carbocycles. The highest BCUT2D eigenvalue weighted by atomic mass is 28.3. The van der Waals surface area contributed by atoms with Crippen molar-refractivity contribution in [1.82, 2.24) is 25.0 Å². The van der Waals surface area contributed by atoms with Crippen LogP contribution in [0, 0.1) is 6.92 Å². The largest absolute Gasteiger partial charge is 0.373 e. The number of pyridine rings is 1. The zero-order valence-electron chi connectivity index (χ0n) is 19.9. The molecule has 33 heavy (non-hydrogen) atoms. The molecule has 0 radical (unpaired) electrons. The summed E-state index contributed by atoms with van der Waals surface area (Å²) in [5, 5.41) is 6.92. The monoisotopic (exact) mass is 481 g/mol. The molecule has 1 saturated heterocycles. The van der Waals surface area contributed by atoms with Gasteiger partial charge in [-0.25, -0.2) is 18.3 Å². The van der Waals surface area contributed by atoms with Crippen LogP contribution in [0.15, 0.2) is 24.5 Å². The first-order valence-corrected chi connectivity index (χ1v) is 14.7. The van der Waals surface area contributed by atoms with Gasteiger partial charge in [0.1, 0.15) is 19.4 Å². The van der Waals surface area contributed by atoms with Gasteiger partial charge in [-0.3, -0.25) is 4.98 Å². The third-order valence-electron chi connectivity index (χ3n) is 5.44. The van der Waals surface area contributed by atoms with Gasteiger partial charge in [-0.15, -0.1) is 0 Å². The van der Waals surface area contributed by atoms with Crippen molar-refractivity contribution in [3.8, 4) is 11.3 Å². The van der Waals surface area contributed by atoms with Gasteiger partial charge in [0.15, 0.2) is 0 Å². The molecule has 1 aliphatic rings. The van der Waals surface area contributed by atoms with Crippen molar-refractivity contribution in [3.63, 3.8) is 0 Å². The number of aromatic nitrogens is 3. The third kappa shape index (κ3) is 6.81. The van der Waals surface area contributed by atoms with Gasteiger partial charge >= 0.3 is 6.03 Å². The summed E-state index contributed by atoms with van der Waals surface area (Å²) in [5.41, 5.74) is 3.29. The maximum atomic E-state index is 13.8. The average Bonchev–Trinajstić information content (AvgIpc) is 3.26. The molecule has 8 nitrogen and oxygen atoms in total. The van der Waals surface area contributed by atoms with Crippen LogP contribution in [0.5, 0.6) is 0 Å². The topological polar surface area (TPSA) is 81.5 Å². The molecular formula is C22H33F2N5O3Si. The van der Waals surface area contributed by atoms with Crippen LogP contribution in [0.4, 0.5) is 13.6 Å². The molecular weight excluding hydrogens is 448 g/mol. The zero-order valence-corrected chi connectivity index (χ0v) is 20.9. The summed E-state index contributed by atoms with van der Waals surface area (Å²) in [6, 6.07) is 2.89. The number of aryl methyl sites for hydroxylation is 1. The quantitative estimate of drug-likeness (QED) is 0.436. The number of carbonyl (C=O) groups is 1. The summed E-state index contributed by atoms with van der Waals surface area (Å²) in [6.07, 6.45) is 3.36. The van der Waals surface area contributed by atoms with Gasteiger partial charge in [0.2, 0.25) is 0 Å². The van der Waals surface area contributed by atoms with Gasteiger partial charge in [0.25, 0.3) is 5.92 Å². The lowest BCUT2D eigenvalue weighted by atomic mass is 10.1. The lowest BCUT2D eigenvalue weighted by Crippen LogP contribution is -2.50. The fourth-order valence-corrected chi connectivity index (χ4v) is 4.21. The van der Waals surface area contributed by atoms with Crippen molar-refractivity contribution in [2.24, 2.45) is 0 Å². The van der Waals surface area contributed by atoms with Gasteiger partial charge in [-0.1, -0.05) is 19.6 Å². The first-order chi connectivity index (χ1) is 15.5. The summed E-state index contributed by atoms with van der Waals surface area (Å²) in [7, 11) is 0.374. The van der Waals surface area contributed by atoms with Gasteiger partial charge < -0.3 is 19.7 Å². The van der Waals surface area contributed by atoms with E-state index in [2.05, 4.69) is 35.0 Å². The molecule has 2 amide bonds. The number of halogens is 2. The molecule has 2 aromatic heterocycles. The number of hydrogen-bond donors (Lipinski definition) is 1. The molecule has 1 atom stereocenters. The molecule has 0 aliphatic carbocycles. The molecule has 0 aromatic carbocycles. The second-order valence-corrected chi connectivity index (χ2v) is 15.3. The van der Waals surface area contributed by atoms with E-state index < -0.39 is 32.7 Å². The molecule has 3 rings (SSSR count). The average molecular weight is 482 g/mol. The van der Waals surface area contributed by atoms with Crippen LogP contribution in [0.1, 0.15) is 11.3 Å². The van der Waals surface area contributed by atoms with Crippen LogP contribution in [0.2, 0.25) is 25.7 Å². The van der Waals surface area contributed by atoms with Crippen LogP contribution >= 0.6 is 0 Å². The molecule has 1 unspecified atom stereocenters. The Morgan fingerprint density at radius 1 is 1.42 bits per heavy atom. The maximum absolute atomic E-state index is 13.8. The fourth-order valence-electron chi connectivity index (χ4n) is 3.45. The first-order valence-electron chi connectivity index (χ1n) is 11.0.